The number of benzene rings is 1. The number of nitrogens with zero attached hydrogens (tertiary/aromatic N) is 6. The lowest BCUT2D eigenvalue weighted by Crippen LogP contribution is -2.52. The van der Waals surface area contributed by atoms with Gasteiger partial charge in [-0.3, -0.25) is 53.2 Å². The molecule has 2 atom stereocenters. The van der Waals surface area contributed by atoms with Crippen LogP contribution < -0.4 is 21.3 Å². The quantitative estimate of drug-likeness (QED) is 0.0406. The van der Waals surface area contributed by atoms with Crippen LogP contribution in [0, 0.1) is 0 Å². The van der Waals surface area contributed by atoms with Crippen molar-refractivity contribution in [2.75, 3.05) is 91.6 Å². The summed E-state index contributed by atoms with van der Waals surface area (Å²) in [6.07, 6.45) is 3.59. The summed E-state index contributed by atoms with van der Waals surface area (Å²) >= 11 is 3.32. The zero-order valence-corrected chi connectivity index (χ0v) is 42.2. The summed E-state index contributed by atoms with van der Waals surface area (Å²) in [6, 6.07) is 7.62. The second-order valence-electron chi connectivity index (χ2n) is 17.3. The second kappa shape index (κ2) is 32.6. The number of aromatic nitrogens is 1. The number of unbranched alkanes of at least 4 members (excludes halogenated alkanes) is 2. The number of carboxylic acid groups (broad SMARTS) is 5. The average Bonchev–Trinajstić information content (AvgIpc) is 3.31. The van der Waals surface area contributed by atoms with E-state index in [1.807, 2.05) is 6.07 Å². The van der Waals surface area contributed by atoms with Crippen LogP contribution in [0.5, 0.6) is 0 Å². The number of hydrogen-bond donors (Lipinski definition) is 9. The lowest BCUT2D eigenvalue weighted by atomic mass is 10.1. The third kappa shape index (κ3) is 24.2. The summed E-state index contributed by atoms with van der Waals surface area (Å²) < 4.78 is 0.638. The first-order valence-electron chi connectivity index (χ1n) is 23.9. The lowest BCUT2D eigenvalue weighted by Gasteiger charge is -2.35. The highest BCUT2D eigenvalue weighted by Crippen LogP contribution is 2.16. The van der Waals surface area contributed by atoms with Gasteiger partial charge < -0.3 is 51.7 Å². The maximum Gasteiger partial charge on any atom is 0.326 e. The number of pyridine rings is 1. The van der Waals surface area contributed by atoms with Crippen LogP contribution in [0.1, 0.15) is 79.8 Å². The Bertz CT molecular complexity index is 2070. The van der Waals surface area contributed by atoms with E-state index in [1.165, 1.54) is 0 Å². The average molecular weight is 1080 g/mol. The Labute approximate surface area is 426 Å². The maximum atomic E-state index is 13.8. The van der Waals surface area contributed by atoms with Crippen molar-refractivity contribution < 1.29 is 68.7 Å². The molecule has 25 heteroatoms. The molecule has 24 nitrogen and oxygen atoms in total. The van der Waals surface area contributed by atoms with Crippen molar-refractivity contribution in [3.63, 3.8) is 0 Å². The van der Waals surface area contributed by atoms with Crippen LogP contribution in [0.3, 0.4) is 0 Å². The Balaban J connectivity index is 1.48. The Morgan fingerprint density at radius 3 is 1.71 bits per heavy atom. The molecule has 0 spiro atoms. The van der Waals surface area contributed by atoms with E-state index in [0.29, 0.717) is 48.9 Å². The van der Waals surface area contributed by atoms with Gasteiger partial charge in [0.05, 0.1) is 19.6 Å². The number of carboxylic acids is 5. The monoisotopic (exact) mass is 1080 g/mol. The number of urea groups is 1. The molecule has 1 saturated heterocycles. The number of carbonyl (C=O) groups is 9. The fourth-order valence-electron chi connectivity index (χ4n) is 7.86. The molecular weight excluding hydrogens is 1010 g/mol. The van der Waals surface area contributed by atoms with E-state index in [9.17, 15) is 68.7 Å². The van der Waals surface area contributed by atoms with Crippen LogP contribution in [0.15, 0.2) is 47.2 Å². The number of hydrogen-bond acceptors (Lipinski definition) is 14. The highest BCUT2D eigenvalue weighted by atomic mass is 79.9. The first-order chi connectivity index (χ1) is 34.3. The van der Waals surface area contributed by atoms with Gasteiger partial charge in [-0.15, -0.1) is 0 Å². The van der Waals surface area contributed by atoms with Gasteiger partial charge in [0, 0.05) is 110 Å². The fourth-order valence-corrected chi connectivity index (χ4v) is 8.09. The molecule has 1 aliphatic rings. The lowest BCUT2D eigenvalue weighted by molar-refractivity contribution is -0.145. The van der Waals surface area contributed by atoms with Crippen LogP contribution in [0.2, 0.25) is 0 Å². The Morgan fingerprint density at radius 1 is 0.639 bits per heavy atom. The van der Waals surface area contributed by atoms with Crippen LogP contribution in [0.25, 0.3) is 0 Å². The standard InChI is InChI=1S/C47H69BrN10O14/c1-2-49-47(72)53-36(45(68)69)7-4-6-18-58(29-34-11-15-38(48)51-28-34)44(67)35-12-9-33(10-13-35)27-52-39(59)8-3-5-17-50-40(60)16-14-37(46(70)71)57-25-23-55(31-42(63)64)21-19-54(30-41(61)62)20-22-56(24-26-57)32-43(65)66/h9-13,15,28,36-37H,2-8,14,16-27,29-32H2,1H3,(H,50,60)(H,52,59)(H,61,62)(H,63,64)(H,65,66)(H,68,69)(H,70,71)(H2,49,53,72). The highest BCUT2D eigenvalue weighted by molar-refractivity contribution is 9.10. The number of rotatable bonds is 29. The van der Waals surface area contributed by atoms with Crippen LogP contribution in [-0.4, -0.2) is 212 Å². The molecule has 0 saturated carbocycles. The van der Waals surface area contributed by atoms with Gasteiger partial charge in [-0.05, 0) is 90.7 Å². The van der Waals surface area contributed by atoms with E-state index >= 15 is 0 Å². The highest BCUT2D eigenvalue weighted by Gasteiger charge is 2.29. The number of aliphatic carboxylic acids is 5. The van der Waals surface area contributed by atoms with Crippen molar-refractivity contribution in [2.24, 2.45) is 0 Å². The molecular formula is C47H69BrN10O14. The largest absolute Gasteiger partial charge is 0.480 e. The topological polar surface area (TPSA) is 332 Å². The molecule has 2 unspecified atom stereocenters. The zero-order valence-electron chi connectivity index (χ0n) is 40.6. The van der Waals surface area contributed by atoms with E-state index in [4.69, 9.17) is 0 Å². The summed E-state index contributed by atoms with van der Waals surface area (Å²) in [4.78, 5) is 123. The van der Waals surface area contributed by atoms with Gasteiger partial charge in [0.15, 0.2) is 0 Å². The normalized spacial score (nSPS) is 15.1. The van der Waals surface area contributed by atoms with E-state index in [0.717, 1.165) is 11.1 Å². The number of amides is 5. The number of nitrogens with one attached hydrogen (secondary N) is 4. The molecule has 3 rings (SSSR count). The Kier molecular flexibility index (Phi) is 27.2. The fraction of sp³-hybridized carbons (Fsp3) is 0.574. The van der Waals surface area contributed by atoms with Crippen LogP contribution in [0.4, 0.5) is 4.79 Å². The SMILES string of the molecule is CCNC(=O)NC(CCCCN(Cc1ccc(Br)nc1)C(=O)c1ccc(CNC(=O)CCCCNC(=O)CCC(C(=O)O)N2CCN(CC(=O)O)CCN(CC(=O)O)CCN(CC(=O)O)CC2)cc1)C(=O)O. The van der Waals surface area contributed by atoms with Crippen molar-refractivity contribution in [2.45, 2.75) is 83.5 Å². The van der Waals surface area contributed by atoms with Gasteiger partial charge in [0.25, 0.3) is 5.91 Å². The van der Waals surface area contributed by atoms with E-state index in [1.54, 1.807) is 68.0 Å². The molecule has 0 radical (unpaired) electrons. The number of carbonyl (C=O) groups excluding carboxylic acids is 4. The summed E-state index contributed by atoms with van der Waals surface area (Å²) in [5, 5.41) is 58.8. The summed E-state index contributed by atoms with van der Waals surface area (Å²) in [5.74, 6) is -6.54. The van der Waals surface area contributed by atoms with E-state index < -0.39 is 53.9 Å². The Hall–Kier alpha value is -6.28. The molecule has 9 N–H and O–H groups in total. The minimum Gasteiger partial charge on any atom is -0.480 e. The predicted molar refractivity (Wildman–Crippen MR) is 264 cm³/mol. The third-order valence-corrected chi connectivity index (χ3v) is 12.2. The summed E-state index contributed by atoms with van der Waals surface area (Å²) in [6.45, 7) is 3.19. The molecule has 1 fully saturated rings. The van der Waals surface area contributed by atoms with E-state index in [2.05, 4.69) is 42.2 Å². The molecule has 1 aromatic carbocycles. The molecule has 5 amide bonds. The van der Waals surface area contributed by atoms with Crippen LogP contribution in [-0.2, 0) is 46.7 Å². The summed E-state index contributed by atoms with van der Waals surface area (Å²) in [5.41, 5.74) is 1.95. The smallest absolute Gasteiger partial charge is 0.326 e. The van der Waals surface area contributed by atoms with Gasteiger partial charge in [0.2, 0.25) is 11.8 Å². The Morgan fingerprint density at radius 2 is 1.19 bits per heavy atom. The predicted octanol–water partition coefficient (Wildman–Crippen LogP) is 1.04. The first-order valence-corrected chi connectivity index (χ1v) is 24.7. The van der Waals surface area contributed by atoms with Gasteiger partial charge >= 0.3 is 35.9 Å². The molecule has 398 valence electrons. The minimum atomic E-state index is -1.20. The molecule has 2 heterocycles. The third-order valence-electron chi connectivity index (χ3n) is 11.7. The summed E-state index contributed by atoms with van der Waals surface area (Å²) in [7, 11) is 0. The number of halogens is 1. The van der Waals surface area contributed by atoms with Crippen LogP contribution >= 0.6 is 15.9 Å². The van der Waals surface area contributed by atoms with E-state index in [-0.39, 0.29) is 129 Å². The molecule has 0 bridgehead atoms. The minimum absolute atomic E-state index is 0.0813. The van der Waals surface area contributed by atoms with Gasteiger partial charge in [0.1, 0.15) is 16.7 Å². The van der Waals surface area contributed by atoms with Crippen molar-refractivity contribution in [3.8, 4) is 0 Å². The van der Waals surface area contributed by atoms with Crippen molar-refractivity contribution in [3.05, 3.63) is 63.9 Å². The first kappa shape index (κ1) is 60.0. The van der Waals surface area contributed by atoms with Crippen molar-refractivity contribution >= 4 is 69.5 Å². The molecule has 72 heavy (non-hydrogen) atoms. The molecule has 2 aromatic rings. The molecule has 1 aliphatic heterocycles. The maximum absolute atomic E-state index is 13.8. The van der Waals surface area contributed by atoms with Gasteiger partial charge in [-0.1, -0.05) is 18.2 Å². The zero-order chi connectivity index (χ0) is 53.0. The van der Waals surface area contributed by atoms with Crippen molar-refractivity contribution in [1.29, 1.82) is 0 Å². The van der Waals surface area contributed by atoms with Gasteiger partial charge in [-0.25, -0.2) is 14.6 Å². The van der Waals surface area contributed by atoms with Crippen molar-refractivity contribution in [1.82, 2.24) is 50.8 Å². The molecule has 1 aromatic heterocycles. The molecule has 0 aliphatic carbocycles. The van der Waals surface area contributed by atoms with Gasteiger partial charge in [-0.2, -0.15) is 0 Å². The second-order valence-corrected chi connectivity index (χ2v) is 18.1.